The topological polar surface area (TPSA) is 110 Å². The largest absolute Gasteiger partial charge is 1.00 e. The normalized spacial score (nSPS) is 15.1. The van der Waals surface area contributed by atoms with Crippen molar-refractivity contribution in [2.24, 2.45) is 0 Å². The molecule has 0 bridgehead atoms. The van der Waals surface area contributed by atoms with Gasteiger partial charge >= 0.3 is 41.7 Å². The predicted octanol–water partition coefficient (Wildman–Crippen LogP) is 5.30. The van der Waals surface area contributed by atoms with Crippen LogP contribution < -0.4 is 34.9 Å². The van der Waals surface area contributed by atoms with E-state index in [9.17, 15) is 14.0 Å². The molecule has 0 aromatic heterocycles. The Balaban J connectivity index is 0. The van der Waals surface area contributed by atoms with Gasteiger partial charge in [-0.15, -0.1) is 12.4 Å². The molecule has 304 valence electrons. The second-order valence-corrected chi connectivity index (χ2v) is 15.1. The van der Waals surface area contributed by atoms with Crippen LogP contribution in [-0.4, -0.2) is 103 Å². The summed E-state index contributed by atoms with van der Waals surface area (Å²) in [5.74, 6) is 0. The average Bonchev–Trinajstić information content (AvgIpc) is 3.06. The van der Waals surface area contributed by atoms with Gasteiger partial charge in [-0.05, 0) is 58.2 Å². The zero-order valence-corrected chi connectivity index (χ0v) is 37.8. The number of hydrogen-bond acceptors (Lipinski definition) is 8. The Morgan fingerprint density at radius 2 is 1.09 bits per heavy atom. The third-order valence-corrected chi connectivity index (χ3v) is 8.06. The first-order chi connectivity index (χ1) is 25.6. The number of aliphatic hydroxyl groups is 1. The molecule has 2 N–H and O–H groups in total. The van der Waals surface area contributed by atoms with Gasteiger partial charge < -0.3 is 40.6 Å². The van der Waals surface area contributed by atoms with Gasteiger partial charge in [0.25, 0.3) is 0 Å². The number of nitrogens with one attached hydrogen (secondary N) is 1. The van der Waals surface area contributed by atoms with Crippen molar-refractivity contribution in [1.29, 1.82) is 0 Å². The van der Waals surface area contributed by atoms with Crippen LogP contribution in [0.3, 0.4) is 0 Å². The molecule has 0 saturated carbocycles. The molecule has 10 nitrogen and oxygen atoms in total. The number of hydrogen-bond donors (Lipinski definition) is 2. The molecule has 2 amide bonds. The van der Waals surface area contributed by atoms with Gasteiger partial charge in [-0.2, -0.15) is 0 Å². The molecule has 6 rings (SSSR count). The van der Waals surface area contributed by atoms with Crippen molar-refractivity contribution in [3.63, 3.8) is 0 Å². The third kappa shape index (κ3) is 23.5. The van der Waals surface area contributed by atoms with Crippen LogP contribution in [-0.2, 0) is 37.5 Å². The number of amides is 2. The van der Waals surface area contributed by atoms with Crippen LogP contribution in [0.2, 0.25) is 0 Å². The average molecular weight is 866 g/mol. The molecular weight excluding hydrogens is 804 g/mol. The van der Waals surface area contributed by atoms with Crippen molar-refractivity contribution in [1.82, 2.24) is 15.1 Å². The molecule has 0 radical (unpaired) electrons. The quantitative estimate of drug-likeness (QED) is 0.244. The van der Waals surface area contributed by atoms with Crippen LogP contribution in [0.4, 0.5) is 14.0 Å². The second kappa shape index (κ2) is 28.2. The molecule has 14 heteroatoms. The molecule has 55 heavy (non-hydrogen) atoms. The fourth-order valence-electron chi connectivity index (χ4n) is 4.47. The molecule has 3 aromatic carbocycles. The number of benzene rings is 3. The van der Waals surface area contributed by atoms with Gasteiger partial charge in [0.05, 0.1) is 66.2 Å². The summed E-state index contributed by atoms with van der Waals surface area (Å²) >= 11 is 3.36. The first kappa shape index (κ1) is 50.8. The predicted molar refractivity (Wildman–Crippen MR) is 219 cm³/mol. The van der Waals surface area contributed by atoms with E-state index in [1.165, 1.54) is 16.0 Å². The summed E-state index contributed by atoms with van der Waals surface area (Å²) in [6, 6.07) is 30.6. The molecule has 3 aromatic rings. The standard InChI is InChI=1S/C15H21NO3.C10H13NO.C8H15NO3.C7H7Br.CH3F.ClH.Na.H/c1-15(2,3)19-14(17)16-9-13(10-16)18-11-12-7-5-4-6-8-12;1-2-4-9(5-3-1)8-12-10-6-11-7-10;1-8(2,3)12-7(11)9-4-6(10)5-9;8-6-7-4-2-1-3-5-7;1-2;;;/h4-8,13H,9-11H2,1-3H3;1-5,10-11H,6-8H2;6,10H,4-5H2,1-3H3;1-5H,6H2;1H3;1H;;/q;;;;;;+1;-1/i;;;;1D;;;. The zero-order valence-electron chi connectivity index (χ0n) is 35.4. The summed E-state index contributed by atoms with van der Waals surface area (Å²) in [7, 11) is -1.00. The summed E-state index contributed by atoms with van der Waals surface area (Å²) in [5, 5.41) is 13.0. The van der Waals surface area contributed by atoms with E-state index >= 15 is 0 Å². The van der Waals surface area contributed by atoms with Crippen LogP contribution in [0.15, 0.2) is 91.0 Å². The summed E-state index contributed by atoms with van der Waals surface area (Å²) in [5.41, 5.74) is 2.85. The number of likely N-dealkylation sites (tertiary alicyclic amines) is 2. The minimum absolute atomic E-state index is 0. The van der Waals surface area contributed by atoms with Gasteiger partial charge in [0, 0.05) is 18.4 Å². The van der Waals surface area contributed by atoms with Crippen molar-refractivity contribution in [2.45, 2.75) is 89.6 Å². The number of aliphatic hydroxyl groups excluding tert-OH is 1. The van der Waals surface area contributed by atoms with Crippen LogP contribution in [0.5, 0.6) is 0 Å². The first-order valence-corrected chi connectivity index (χ1v) is 18.8. The fraction of sp³-hybridized carbons (Fsp3) is 0.512. The van der Waals surface area contributed by atoms with Gasteiger partial charge in [-0.1, -0.05) is 107 Å². The Kier molecular flexibility index (Phi) is 26.0. The Morgan fingerprint density at radius 1 is 0.745 bits per heavy atom. The van der Waals surface area contributed by atoms with E-state index in [1.807, 2.05) is 108 Å². The van der Waals surface area contributed by atoms with Crippen molar-refractivity contribution < 1.29 is 70.4 Å². The SMILES string of the molecule is BrCc1ccccc1.CC(C)(C)OC(=O)N1CC(O)C1.CC(C)(C)OC(=O)N1CC(OCc2ccccc2)C1.Cl.[2H]CF.[H-].[Na+].c1ccc(COC2CNC2)cc1. The van der Waals surface area contributed by atoms with Crippen LogP contribution in [0.1, 0.15) is 61.0 Å². The van der Waals surface area contributed by atoms with Crippen molar-refractivity contribution in [3.8, 4) is 0 Å². The number of alkyl halides is 2. The Bertz CT molecular complexity index is 1450. The monoisotopic (exact) mass is 864 g/mol. The van der Waals surface area contributed by atoms with E-state index < -0.39 is 18.4 Å². The van der Waals surface area contributed by atoms with Crippen molar-refractivity contribution in [2.75, 3.05) is 46.4 Å². The van der Waals surface area contributed by atoms with Crippen LogP contribution >= 0.6 is 28.3 Å². The second-order valence-electron chi connectivity index (χ2n) is 14.5. The first-order valence-electron chi connectivity index (χ1n) is 18.4. The minimum Gasteiger partial charge on any atom is -1.00 e. The maximum atomic E-state index is 11.7. The Labute approximate surface area is 367 Å². The number of halogens is 3. The molecular formula is C41H61BrClFN3NaO7. The molecule has 0 atom stereocenters. The van der Waals surface area contributed by atoms with E-state index in [1.54, 1.807) is 4.90 Å². The van der Waals surface area contributed by atoms with Gasteiger partial charge in [0.1, 0.15) is 11.2 Å². The van der Waals surface area contributed by atoms with E-state index in [0.717, 1.165) is 30.6 Å². The summed E-state index contributed by atoms with van der Waals surface area (Å²) in [4.78, 5) is 26.0. The molecule has 0 unspecified atom stereocenters. The van der Waals surface area contributed by atoms with Crippen molar-refractivity contribution >= 4 is 40.5 Å². The maximum absolute atomic E-state index is 11.7. The van der Waals surface area contributed by atoms with Gasteiger partial charge in [0.2, 0.25) is 0 Å². The van der Waals surface area contributed by atoms with Crippen molar-refractivity contribution in [3.05, 3.63) is 108 Å². The molecule has 3 aliphatic heterocycles. The number of carbonyl (C=O) groups is 2. The molecule has 3 heterocycles. The minimum atomic E-state index is -1.00. The molecule has 0 aliphatic carbocycles. The third-order valence-electron chi connectivity index (χ3n) is 7.41. The van der Waals surface area contributed by atoms with E-state index in [4.69, 9.17) is 25.4 Å². The van der Waals surface area contributed by atoms with Crippen LogP contribution in [0.25, 0.3) is 0 Å². The number of carbonyl (C=O) groups excluding carboxylic acids is 2. The number of ether oxygens (including phenoxy) is 4. The Morgan fingerprint density at radius 3 is 1.38 bits per heavy atom. The van der Waals surface area contributed by atoms with Gasteiger partial charge in [-0.25, -0.2) is 9.59 Å². The summed E-state index contributed by atoms with van der Waals surface area (Å²) in [6.07, 6.45) is -0.407. The molecule has 3 saturated heterocycles. The molecule has 3 fully saturated rings. The summed E-state index contributed by atoms with van der Waals surface area (Å²) in [6.45, 7) is 16.4. The Hall–Kier alpha value is -2.26. The zero-order chi connectivity index (χ0) is 40.0. The fourth-order valence-corrected chi connectivity index (χ4v) is 4.85. The number of rotatable bonds is 7. The van der Waals surface area contributed by atoms with E-state index in [0.29, 0.717) is 38.9 Å². The van der Waals surface area contributed by atoms with E-state index in [2.05, 4.69) is 45.5 Å². The molecule has 0 spiro atoms. The van der Waals surface area contributed by atoms with E-state index in [-0.39, 0.29) is 67.8 Å². The number of nitrogens with zero attached hydrogens (tertiary/aromatic N) is 2. The smallest absolute Gasteiger partial charge is 1.00 e. The molecule has 3 aliphatic rings. The van der Waals surface area contributed by atoms with Gasteiger partial charge in [-0.3, -0.25) is 4.39 Å². The van der Waals surface area contributed by atoms with Gasteiger partial charge in [0.15, 0.2) is 0 Å². The maximum Gasteiger partial charge on any atom is 1.00 e. The number of β-amino-alcohol motifs (C(OH)–C–C–N with tert-alkyl or cyclic N) is 1. The summed E-state index contributed by atoms with van der Waals surface area (Å²) < 4.78 is 37.2. The van der Waals surface area contributed by atoms with Crippen LogP contribution in [0, 0.1) is 0 Å².